The van der Waals surface area contributed by atoms with Gasteiger partial charge in [0.25, 0.3) is 0 Å². The van der Waals surface area contributed by atoms with Gasteiger partial charge in [-0.1, -0.05) is 12.1 Å². The molecular formula is C21H31N3O4. The maximum atomic E-state index is 10.9. The van der Waals surface area contributed by atoms with E-state index in [0.29, 0.717) is 36.3 Å². The minimum Gasteiger partial charge on any atom is -0.493 e. The van der Waals surface area contributed by atoms with Crippen molar-refractivity contribution < 1.29 is 19.0 Å². The van der Waals surface area contributed by atoms with Crippen molar-refractivity contribution in [2.45, 2.75) is 39.8 Å². The molecule has 0 aliphatic carbocycles. The first kappa shape index (κ1) is 21.6. The quantitative estimate of drug-likeness (QED) is 0.475. The Hall–Kier alpha value is -2.67. The van der Waals surface area contributed by atoms with E-state index in [1.165, 1.54) is 0 Å². The van der Waals surface area contributed by atoms with Gasteiger partial charge in [-0.25, -0.2) is 4.99 Å². The predicted molar refractivity (Wildman–Crippen MR) is 110 cm³/mol. The maximum Gasteiger partial charge on any atom is 0.191 e. The van der Waals surface area contributed by atoms with Crippen molar-refractivity contribution in [2.24, 2.45) is 4.99 Å². The summed E-state index contributed by atoms with van der Waals surface area (Å²) in [6.45, 7) is 8.86. The van der Waals surface area contributed by atoms with Crippen LogP contribution >= 0.6 is 0 Å². The third kappa shape index (κ3) is 5.19. The number of ether oxygens (including phenoxy) is 2. The predicted octanol–water partition coefficient (Wildman–Crippen LogP) is 2.88. The summed E-state index contributed by atoms with van der Waals surface area (Å²) < 4.78 is 16.3. The van der Waals surface area contributed by atoms with Crippen LogP contribution < -0.4 is 20.1 Å². The monoisotopic (exact) mass is 389 g/mol. The molecule has 154 valence electrons. The molecule has 1 atom stereocenters. The van der Waals surface area contributed by atoms with Gasteiger partial charge in [0.1, 0.15) is 17.1 Å². The van der Waals surface area contributed by atoms with Crippen molar-refractivity contribution in [1.29, 1.82) is 0 Å². The number of guanidine groups is 1. The lowest BCUT2D eigenvalue weighted by molar-refractivity contribution is 0.0601. The molecule has 1 aromatic carbocycles. The minimum atomic E-state index is -1.09. The second-order valence-corrected chi connectivity index (χ2v) is 6.80. The van der Waals surface area contributed by atoms with Gasteiger partial charge in [-0.2, -0.15) is 0 Å². The number of aryl methyl sites for hydroxylation is 2. The molecular weight excluding hydrogens is 358 g/mol. The van der Waals surface area contributed by atoms with E-state index in [9.17, 15) is 5.11 Å². The lowest BCUT2D eigenvalue weighted by atomic mass is 9.96. The highest BCUT2D eigenvalue weighted by Gasteiger charge is 2.27. The summed E-state index contributed by atoms with van der Waals surface area (Å²) in [4.78, 5) is 4.62. The van der Waals surface area contributed by atoms with E-state index >= 15 is 0 Å². The Kier molecular flexibility index (Phi) is 7.34. The molecule has 7 heteroatoms. The van der Waals surface area contributed by atoms with Crippen molar-refractivity contribution in [3.63, 3.8) is 0 Å². The first-order valence-corrected chi connectivity index (χ1v) is 9.34. The Morgan fingerprint density at radius 1 is 1.21 bits per heavy atom. The SMILES string of the molecule is CCNC(=NCc1cccc(OC)c1OC)NCC(C)(O)c1cc(C)oc1C. The molecule has 0 spiro atoms. The Morgan fingerprint density at radius 3 is 2.54 bits per heavy atom. The Balaban J connectivity index is 2.14. The van der Waals surface area contributed by atoms with Gasteiger partial charge in [-0.15, -0.1) is 0 Å². The van der Waals surface area contributed by atoms with Gasteiger partial charge in [0.05, 0.1) is 27.3 Å². The van der Waals surface area contributed by atoms with Crippen LogP contribution in [0.2, 0.25) is 0 Å². The van der Waals surface area contributed by atoms with Crippen LogP contribution in [0.4, 0.5) is 0 Å². The fourth-order valence-corrected chi connectivity index (χ4v) is 3.10. The van der Waals surface area contributed by atoms with Gasteiger partial charge in [0.2, 0.25) is 0 Å². The summed E-state index contributed by atoms with van der Waals surface area (Å²) in [5.74, 6) is 3.43. The molecule has 0 bridgehead atoms. The lowest BCUT2D eigenvalue weighted by Gasteiger charge is -2.24. The average Bonchev–Trinajstić information content (AvgIpc) is 3.02. The fraction of sp³-hybridized carbons (Fsp3) is 0.476. The van der Waals surface area contributed by atoms with Crippen LogP contribution in [-0.4, -0.2) is 38.4 Å². The molecule has 1 aromatic heterocycles. The second-order valence-electron chi connectivity index (χ2n) is 6.80. The average molecular weight is 389 g/mol. The molecule has 0 saturated heterocycles. The van der Waals surface area contributed by atoms with Crippen molar-refractivity contribution in [2.75, 3.05) is 27.3 Å². The van der Waals surface area contributed by atoms with Crippen molar-refractivity contribution in [1.82, 2.24) is 10.6 Å². The number of rotatable bonds is 8. The van der Waals surface area contributed by atoms with E-state index in [1.54, 1.807) is 21.1 Å². The highest BCUT2D eigenvalue weighted by atomic mass is 16.5. The van der Waals surface area contributed by atoms with E-state index in [4.69, 9.17) is 13.9 Å². The van der Waals surface area contributed by atoms with Gasteiger partial charge in [0.15, 0.2) is 17.5 Å². The molecule has 2 aromatic rings. The van der Waals surface area contributed by atoms with Gasteiger partial charge >= 0.3 is 0 Å². The molecule has 2 rings (SSSR count). The molecule has 1 unspecified atom stereocenters. The molecule has 0 radical (unpaired) electrons. The van der Waals surface area contributed by atoms with Crippen LogP contribution in [0.1, 0.15) is 36.5 Å². The molecule has 0 fully saturated rings. The van der Waals surface area contributed by atoms with E-state index in [2.05, 4.69) is 15.6 Å². The molecule has 0 aliphatic rings. The zero-order valence-corrected chi connectivity index (χ0v) is 17.5. The zero-order valence-electron chi connectivity index (χ0n) is 17.5. The Labute approximate surface area is 166 Å². The standard InChI is InChI=1S/C21H31N3O4/c1-7-22-20(23-12-16-9-8-10-18(26-5)19(16)27-6)24-13-21(4,25)17-11-14(2)28-15(17)3/h8-11,25H,7,12-13H2,1-6H3,(H2,22,23,24). The zero-order chi connectivity index (χ0) is 20.7. The number of aliphatic hydroxyl groups is 1. The van der Waals surface area contributed by atoms with Crippen molar-refractivity contribution in [3.05, 3.63) is 46.9 Å². The third-order valence-electron chi connectivity index (χ3n) is 4.46. The van der Waals surface area contributed by atoms with E-state index < -0.39 is 5.60 Å². The highest BCUT2D eigenvalue weighted by Crippen LogP contribution is 2.31. The molecule has 3 N–H and O–H groups in total. The van der Waals surface area contributed by atoms with Gasteiger partial charge in [-0.05, 0) is 39.8 Å². The van der Waals surface area contributed by atoms with Gasteiger partial charge < -0.3 is 29.6 Å². The summed E-state index contributed by atoms with van der Waals surface area (Å²) in [6, 6.07) is 7.56. The van der Waals surface area contributed by atoms with Crippen molar-refractivity contribution in [3.8, 4) is 11.5 Å². The van der Waals surface area contributed by atoms with Crippen LogP contribution in [0.25, 0.3) is 0 Å². The van der Waals surface area contributed by atoms with Crippen LogP contribution in [0, 0.1) is 13.8 Å². The van der Waals surface area contributed by atoms with Crippen LogP contribution in [0.15, 0.2) is 33.7 Å². The Morgan fingerprint density at radius 2 is 1.96 bits per heavy atom. The molecule has 7 nitrogen and oxygen atoms in total. The minimum absolute atomic E-state index is 0.286. The molecule has 1 heterocycles. The number of nitrogens with one attached hydrogen (secondary N) is 2. The van der Waals surface area contributed by atoms with E-state index in [1.807, 2.05) is 45.0 Å². The number of hydrogen-bond donors (Lipinski definition) is 3. The van der Waals surface area contributed by atoms with E-state index in [0.717, 1.165) is 16.9 Å². The number of para-hydroxylation sites is 1. The van der Waals surface area contributed by atoms with Crippen LogP contribution in [0.3, 0.4) is 0 Å². The number of benzene rings is 1. The lowest BCUT2D eigenvalue weighted by Crippen LogP contribution is -2.44. The summed E-state index contributed by atoms with van der Waals surface area (Å²) in [7, 11) is 3.22. The highest BCUT2D eigenvalue weighted by molar-refractivity contribution is 5.79. The maximum absolute atomic E-state index is 10.9. The fourth-order valence-electron chi connectivity index (χ4n) is 3.10. The van der Waals surface area contributed by atoms with Crippen LogP contribution in [0.5, 0.6) is 11.5 Å². The normalized spacial score (nSPS) is 13.8. The number of aliphatic imine (C=N–C) groups is 1. The summed E-state index contributed by atoms with van der Waals surface area (Å²) in [5, 5.41) is 17.3. The first-order chi connectivity index (χ1) is 13.3. The molecule has 28 heavy (non-hydrogen) atoms. The second kappa shape index (κ2) is 9.50. The summed E-state index contributed by atoms with van der Waals surface area (Å²) in [5.41, 5.74) is 0.584. The largest absolute Gasteiger partial charge is 0.493 e. The number of nitrogens with zero attached hydrogens (tertiary/aromatic N) is 1. The number of furan rings is 1. The topological polar surface area (TPSA) is 88.3 Å². The van der Waals surface area contributed by atoms with Gasteiger partial charge in [-0.3, -0.25) is 0 Å². The smallest absolute Gasteiger partial charge is 0.191 e. The first-order valence-electron chi connectivity index (χ1n) is 9.34. The summed E-state index contributed by atoms with van der Waals surface area (Å²) >= 11 is 0. The number of methoxy groups -OCH3 is 2. The van der Waals surface area contributed by atoms with E-state index in [-0.39, 0.29) is 6.54 Å². The summed E-state index contributed by atoms with van der Waals surface area (Å²) in [6.07, 6.45) is 0. The van der Waals surface area contributed by atoms with Crippen LogP contribution in [-0.2, 0) is 12.1 Å². The Bertz CT molecular complexity index is 812. The van der Waals surface area contributed by atoms with Gasteiger partial charge in [0, 0.05) is 17.7 Å². The number of hydrogen-bond acceptors (Lipinski definition) is 5. The molecule has 0 amide bonds. The molecule has 0 saturated carbocycles. The third-order valence-corrected chi connectivity index (χ3v) is 4.46. The molecule has 0 aliphatic heterocycles. The van der Waals surface area contributed by atoms with Crippen molar-refractivity contribution >= 4 is 5.96 Å².